The molecule has 0 spiro atoms. The number of halogens is 3. The Labute approximate surface area is 156 Å². The molecule has 0 atom stereocenters. The summed E-state index contributed by atoms with van der Waals surface area (Å²) < 4.78 is 38.2. The second kappa shape index (κ2) is 7.06. The minimum Gasteiger partial charge on any atom is -0.355 e. The molecule has 2 aromatic carbocycles. The molecular weight excluding hydrogens is 371 g/mol. The smallest absolute Gasteiger partial charge is 0.355 e. The first-order valence-corrected chi connectivity index (χ1v) is 8.10. The molecule has 0 saturated carbocycles. The van der Waals surface area contributed by atoms with Crippen LogP contribution in [0.15, 0.2) is 67.3 Å². The Morgan fingerprint density at radius 1 is 0.893 bits per heavy atom. The van der Waals surface area contributed by atoms with E-state index in [2.05, 4.69) is 30.7 Å². The fraction of sp³-hybridized carbons (Fsp3) is 0.0556. The van der Waals surface area contributed by atoms with Gasteiger partial charge in [0.25, 0.3) is 0 Å². The normalized spacial score (nSPS) is 11.4. The molecule has 0 bridgehead atoms. The van der Waals surface area contributed by atoms with E-state index in [1.54, 1.807) is 36.7 Å². The van der Waals surface area contributed by atoms with E-state index in [0.717, 1.165) is 12.1 Å². The average molecular weight is 383 g/mol. The van der Waals surface area contributed by atoms with Gasteiger partial charge in [0.1, 0.15) is 12.0 Å². The summed E-state index contributed by atoms with van der Waals surface area (Å²) in [6.45, 7) is 0. The fourth-order valence-corrected chi connectivity index (χ4v) is 2.51. The number of alkyl halides is 3. The topological polar surface area (TPSA) is 81.4 Å². The van der Waals surface area contributed by atoms with E-state index in [1.807, 2.05) is 0 Å². The van der Waals surface area contributed by atoms with E-state index < -0.39 is 11.7 Å². The van der Waals surface area contributed by atoms with E-state index in [9.17, 15) is 13.2 Å². The van der Waals surface area contributed by atoms with Crippen molar-refractivity contribution >= 4 is 11.4 Å². The maximum Gasteiger partial charge on any atom is 0.416 e. The Morgan fingerprint density at radius 3 is 2.32 bits per heavy atom. The average Bonchev–Trinajstić information content (AvgIpc) is 3.19. The Balaban J connectivity index is 1.62. The van der Waals surface area contributed by atoms with Gasteiger partial charge in [0.15, 0.2) is 0 Å². The van der Waals surface area contributed by atoms with Crippen molar-refractivity contribution in [2.45, 2.75) is 6.18 Å². The number of nitrogens with zero attached hydrogens (tertiary/aromatic N) is 6. The van der Waals surface area contributed by atoms with Gasteiger partial charge in [-0.3, -0.25) is 0 Å². The van der Waals surface area contributed by atoms with Gasteiger partial charge in [0.2, 0.25) is 5.82 Å². The van der Waals surface area contributed by atoms with Crippen molar-refractivity contribution in [3.8, 4) is 17.1 Å². The first kappa shape index (κ1) is 17.6. The van der Waals surface area contributed by atoms with Gasteiger partial charge >= 0.3 is 6.18 Å². The molecule has 10 heteroatoms. The van der Waals surface area contributed by atoms with Gasteiger partial charge in [0, 0.05) is 16.9 Å². The van der Waals surface area contributed by atoms with E-state index in [0.29, 0.717) is 28.5 Å². The lowest BCUT2D eigenvalue weighted by atomic mass is 10.1. The molecule has 0 radical (unpaired) electrons. The predicted octanol–water partition coefficient (Wildman–Crippen LogP) is 3.88. The fourth-order valence-electron chi connectivity index (χ4n) is 2.51. The number of anilines is 2. The second-order valence-corrected chi connectivity index (χ2v) is 5.74. The van der Waals surface area contributed by atoms with Gasteiger partial charge in [-0.1, -0.05) is 12.1 Å². The SMILES string of the molecule is FC(F)(F)c1ccc(Nc2ccccc2-c2nnn(-c3cncnc3)n2)cc1. The largest absolute Gasteiger partial charge is 0.416 e. The molecule has 28 heavy (non-hydrogen) atoms. The van der Waals surface area contributed by atoms with Crippen molar-refractivity contribution in [2.75, 3.05) is 5.32 Å². The van der Waals surface area contributed by atoms with E-state index in [4.69, 9.17) is 0 Å². The van der Waals surface area contributed by atoms with E-state index in [1.165, 1.54) is 23.3 Å². The summed E-state index contributed by atoms with van der Waals surface area (Å²) in [4.78, 5) is 9.11. The highest BCUT2D eigenvalue weighted by molar-refractivity contribution is 5.77. The van der Waals surface area contributed by atoms with Crippen LogP contribution in [0.1, 0.15) is 5.56 Å². The van der Waals surface area contributed by atoms with Crippen LogP contribution in [0.2, 0.25) is 0 Å². The van der Waals surface area contributed by atoms with Crippen LogP contribution in [0.4, 0.5) is 24.5 Å². The lowest BCUT2D eigenvalue weighted by Gasteiger charge is -2.11. The highest BCUT2D eigenvalue weighted by Gasteiger charge is 2.29. The van der Waals surface area contributed by atoms with Gasteiger partial charge in [-0.05, 0) is 41.6 Å². The van der Waals surface area contributed by atoms with E-state index in [-0.39, 0.29) is 0 Å². The molecule has 0 saturated heterocycles. The zero-order valence-corrected chi connectivity index (χ0v) is 14.2. The summed E-state index contributed by atoms with van der Waals surface area (Å²) in [5.74, 6) is 0.346. The highest BCUT2D eigenvalue weighted by atomic mass is 19.4. The minimum atomic E-state index is -4.37. The van der Waals surface area contributed by atoms with Crippen molar-refractivity contribution in [1.82, 2.24) is 30.2 Å². The van der Waals surface area contributed by atoms with Crippen LogP contribution in [0, 0.1) is 0 Å². The molecule has 7 nitrogen and oxygen atoms in total. The standard InChI is InChI=1S/C18H12F3N7/c19-18(20,21)12-5-7-13(8-6-12)24-16-4-2-1-3-15(16)17-25-27-28(26-17)14-9-22-11-23-10-14/h1-11,24H. The lowest BCUT2D eigenvalue weighted by Crippen LogP contribution is -2.04. The Bertz CT molecular complexity index is 1080. The molecule has 4 rings (SSSR count). The maximum atomic E-state index is 12.7. The van der Waals surface area contributed by atoms with Crippen molar-refractivity contribution < 1.29 is 13.2 Å². The summed E-state index contributed by atoms with van der Waals surface area (Å²) >= 11 is 0. The van der Waals surface area contributed by atoms with Crippen LogP contribution in [0.5, 0.6) is 0 Å². The lowest BCUT2D eigenvalue weighted by molar-refractivity contribution is -0.137. The number of hydrogen-bond donors (Lipinski definition) is 1. The number of rotatable bonds is 4. The van der Waals surface area contributed by atoms with Crippen LogP contribution in [-0.2, 0) is 6.18 Å². The van der Waals surface area contributed by atoms with Crippen LogP contribution < -0.4 is 5.32 Å². The number of hydrogen-bond acceptors (Lipinski definition) is 6. The molecule has 2 aromatic heterocycles. The van der Waals surface area contributed by atoms with Crippen LogP contribution in [0.3, 0.4) is 0 Å². The number of nitrogens with one attached hydrogen (secondary N) is 1. The summed E-state index contributed by atoms with van der Waals surface area (Å²) in [5.41, 5.74) is 1.62. The van der Waals surface area contributed by atoms with Crippen LogP contribution in [-0.4, -0.2) is 30.2 Å². The first-order valence-electron chi connectivity index (χ1n) is 8.10. The van der Waals surface area contributed by atoms with Crippen molar-refractivity contribution in [1.29, 1.82) is 0 Å². The number of tetrazole rings is 1. The summed E-state index contributed by atoms with van der Waals surface area (Å²) in [6, 6.07) is 11.9. The molecule has 0 amide bonds. The van der Waals surface area contributed by atoms with Crippen molar-refractivity contribution in [3.05, 3.63) is 72.8 Å². The monoisotopic (exact) mass is 383 g/mol. The molecule has 0 unspecified atom stereocenters. The minimum absolute atomic E-state index is 0.346. The predicted molar refractivity (Wildman–Crippen MR) is 94.9 cm³/mol. The summed E-state index contributed by atoms with van der Waals surface area (Å²) in [7, 11) is 0. The van der Waals surface area contributed by atoms with Gasteiger partial charge in [-0.25, -0.2) is 9.97 Å². The zero-order valence-electron chi connectivity index (χ0n) is 14.2. The highest BCUT2D eigenvalue weighted by Crippen LogP contribution is 2.32. The molecule has 1 N–H and O–H groups in total. The quantitative estimate of drug-likeness (QED) is 0.576. The van der Waals surface area contributed by atoms with Gasteiger partial charge in [0.05, 0.1) is 18.0 Å². The molecule has 140 valence electrons. The summed E-state index contributed by atoms with van der Waals surface area (Å²) in [6.07, 6.45) is 0.111. The van der Waals surface area contributed by atoms with Crippen molar-refractivity contribution in [3.63, 3.8) is 0 Å². The molecule has 0 aliphatic carbocycles. The molecule has 4 aromatic rings. The maximum absolute atomic E-state index is 12.7. The molecule has 0 aliphatic heterocycles. The second-order valence-electron chi connectivity index (χ2n) is 5.74. The summed E-state index contributed by atoms with van der Waals surface area (Å²) in [5, 5.41) is 15.5. The zero-order chi connectivity index (χ0) is 19.6. The third-order valence-electron chi connectivity index (χ3n) is 3.85. The number of aromatic nitrogens is 6. The van der Waals surface area contributed by atoms with Crippen molar-refractivity contribution in [2.24, 2.45) is 0 Å². The Hall–Kier alpha value is -3.82. The van der Waals surface area contributed by atoms with Crippen LogP contribution in [0.25, 0.3) is 17.1 Å². The molecular formula is C18H12F3N7. The Kier molecular flexibility index (Phi) is 4.44. The molecule has 2 heterocycles. The molecule has 0 aliphatic rings. The number of para-hydroxylation sites is 1. The van der Waals surface area contributed by atoms with Gasteiger partial charge in [-0.15, -0.1) is 15.0 Å². The van der Waals surface area contributed by atoms with Gasteiger partial charge < -0.3 is 5.32 Å². The Morgan fingerprint density at radius 2 is 1.61 bits per heavy atom. The third-order valence-corrected chi connectivity index (χ3v) is 3.85. The van der Waals surface area contributed by atoms with Crippen LogP contribution >= 0.6 is 0 Å². The van der Waals surface area contributed by atoms with E-state index >= 15 is 0 Å². The first-order chi connectivity index (χ1) is 13.5. The molecule has 0 fully saturated rings. The number of benzene rings is 2. The van der Waals surface area contributed by atoms with Gasteiger partial charge in [-0.2, -0.15) is 13.2 Å². The third kappa shape index (κ3) is 3.65.